The Labute approximate surface area is 172 Å². The summed E-state index contributed by atoms with van der Waals surface area (Å²) >= 11 is 1.33. The van der Waals surface area contributed by atoms with Gasteiger partial charge in [0.2, 0.25) is 11.8 Å². The Morgan fingerprint density at radius 2 is 2.10 bits per heavy atom. The van der Waals surface area contributed by atoms with E-state index in [1.807, 2.05) is 48.7 Å². The molecule has 0 fully saturated rings. The first-order chi connectivity index (χ1) is 14.1. The fourth-order valence-electron chi connectivity index (χ4n) is 3.43. The van der Waals surface area contributed by atoms with Crippen LogP contribution < -0.4 is 10.2 Å². The van der Waals surface area contributed by atoms with Gasteiger partial charge in [0.15, 0.2) is 16.7 Å². The zero-order valence-corrected chi connectivity index (χ0v) is 17.0. The van der Waals surface area contributed by atoms with Gasteiger partial charge in [-0.25, -0.2) is 0 Å². The van der Waals surface area contributed by atoms with Crippen molar-refractivity contribution in [2.45, 2.75) is 38.0 Å². The molecule has 1 N–H and O–H groups in total. The number of para-hydroxylation sites is 2. The van der Waals surface area contributed by atoms with Crippen LogP contribution in [0.3, 0.4) is 0 Å². The minimum Gasteiger partial charge on any atom is -0.461 e. The standard InChI is InChI=1S/C20H21N5O3S/c1-3-24-19(16-9-6-10-28-16)22-23-20(24)29-12-18(27)25-13(2)11-17(26)21-14-7-4-5-8-15(14)25/h4-10,13H,3,11-12H2,1-2H3,(H,21,26)/t13-/m1/s1. The number of nitrogens with one attached hydrogen (secondary N) is 1. The van der Waals surface area contributed by atoms with Crippen molar-refractivity contribution in [2.24, 2.45) is 0 Å². The van der Waals surface area contributed by atoms with Crippen LogP contribution in [0, 0.1) is 0 Å². The Morgan fingerprint density at radius 1 is 1.28 bits per heavy atom. The maximum atomic E-state index is 13.1. The predicted octanol–water partition coefficient (Wildman–Crippen LogP) is 3.41. The Kier molecular flexibility index (Phi) is 5.39. The van der Waals surface area contributed by atoms with Gasteiger partial charge in [0, 0.05) is 19.0 Å². The highest BCUT2D eigenvalue weighted by Gasteiger charge is 2.29. The van der Waals surface area contributed by atoms with Crippen molar-refractivity contribution < 1.29 is 14.0 Å². The van der Waals surface area contributed by atoms with Gasteiger partial charge in [0.1, 0.15) is 0 Å². The number of carbonyl (C=O) groups is 2. The van der Waals surface area contributed by atoms with Crippen molar-refractivity contribution in [3.05, 3.63) is 42.7 Å². The number of hydrogen-bond acceptors (Lipinski definition) is 6. The quantitative estimate of drug-likeness (QED) is 0.647. The average Bonchev–Trinajstić information content (AvgIpc) is 3.34. The van der Waals surface area contributed by atoms with Crippen molar-refractivity contribution in [1.82, 2.24) is 14.8 Å². The van der Waals surface area contributed by atoms with Gasteiger partial charge >= 0.3 is 0 Å². The van der Waals surface area contributed by atoms with Crippen molar-refractivity contribution >= 4 is 35.0 Å². The van der Waals surface area contributed by atoms with Gasteiger partial charge in [-0.1, -0.05) is 23.9 Å². The Balaban J connectivity index is 1.55. The van der Waals surface area contributed by atoms with E-state index >= 15 is 0 Å². The van der Waals surface area contributed by atoms with E-state index < -0.39 is 0 Å². The van der Waals surface area contributed by atoms with Crippen LogP contribution in [0.5, 0.6) is 0 Å². The number of rotatable bonds is 5. The van der Waals surface area contributed by atoms with E-state index in [9.17, 15) is 9.59 Å². The number of hydrogen-bond donors (Lipinski definition) is 1. The van der Waals surface area contributed by atoms with Crippen LogP contribution in [0.15, 0.2) is 52.2 Å². The molecule has 4 rings (SSSR count). The Hall–Kier alpha value is -3.07. The van der Waals surface area contributed by atoms with Crippen LogP contribution in [-0.4, -0.2) is 38.4 Å². The summed E-state index contributed by atoms with van der Waals surface area (Å²) in [4.78, 5) is 26.9. The van der Waals surface area contributed by atoms with Crippen LogP contribution in [-0.2, 0) is 16.1 Å². The lowest BCUT2D eigenvalue weighted by molar-refractivity contribution is -0.117. The van der Waals surface area contributed by atoms with E-state index in [2.05, 4.69) is 15.5 Å². The molecular formula is C20H21N5O3S. The summed E-state index contributed by atoms with van der Waals surface area (Å²) in [5, 5.41) is 12.0. The fourth-order valence-corrected chi connectivity index (χ4v) is 4.29. The zero-order chi connectivity index (χ0) is 20.4. The first-order valence-corrected chi connectivity index (χ1v) is 10.4. The number of anilines is 2. The van der Waals surface area contributed by atoms with Crippen LogP contribution in [0.4, 0.5) is 11.4 Å². The second-order valence-corrected chi connectivity index (χ2v) is 7.64. The van der Waals surface area contributed by atoms with Crippen LogP contribution in [0.2, 0.25) is 0 Å². The largest absolute Gasteiger partial charge is 0.461 e. The normalized spacial score (nSPS) is 16.3. The molecule has 2 aromatic heterocycles. The highest BCUT2D eigenvalue weighted by atomic mass is 32.2. The lowest BCUT2D eigenvalue weighted by Gasteiger charge is -2.27. The molecule has 29 heavy (non-hydrogen) atoms. The lowest BCUT2D eigenvalue weighted by Crippen LogP contribution is -2.40. The summed E-state index contributed by atoms with van der Waals surface area (Å²) in [5.74, 6) is 1.27. The van der Waals surface area contributed by atoms with Crippen molar-refractivity contribution in [3.8, 4) is 11.6 Å². The molecular weight excluding hydrogens is 390 g/mol. The number of thioether (sulfide) groups is 1. The van der Waals surface area contributed by atoms with E-state index in [1.54, 1.807) is 17.2 Å². The molecule has 0 saturated heterocycles. The summed E-state index contributed by atoms with van der Waals surface area (Å²) in [6.07, 6.45) is 1.84. The minimum atomic E-state index is -0.241. The van der Waals surface area contributed by atoms with Gasteiger partial charge in [-0.05, 0) is 38.1 Å². The molecule has 1 aromatic carbocycles. The Morgan fingerprint density at radius 3 is 2.86 bits per heavy atom. The molecule has 0 aliphatic carbocycles. The monoisotopic (exact) mass is 411 g/mol. The van der Waals surface area contributed by atoms with Crippen molar-refractivity contribution in [2.75, 3.05) is 16.0 Å². The second-order valence-electron chi connectivity index (χ2n) is 6.70. The zero-order valence-electron chi connectivity index (χ0n) is 16.2. The molecule has 0 bridgehead atoms. The van der Waals surface area contributed by atoms with Gasteiger partial charge in [0.05, 0.1) is 23.4 Å². The smallest absolute Gasteiger partial charge is 0.237 e. The molecule has 0 radical (unpaired) electrons. The number of nitrogens with zero attached hydrogens (tertiary/aromatic N) is 4. The average molecular weight is 411 g/mol. The third kappa shape index (κ3) is 3.77. The first kappa shape index (κ1) is 19.3. The van der Waals surface area contributed by atoms with Crippen LogP contribution in [0.25, 0.3) is 11.6 Å². The summed E-state index contributed by atoms with van der Waals surface area (Å²) < 4.78 is 7.34. The molecule has 0 unspecified atom stereocenters. The lowest BCUT2D eigenvalue weighted by atomic mass is 10.2. The molecule has 2 amide bonds. The van der Waals surface area contributed by atoms with Gasteiger partial charge in [-0.3, -0.25) is 14.2 Å². The SMILES string of the molecule is CCn1c(SCC(=O)N2c3ccccc3NC(=O)C[C@H]2C)nnc1-c1ccco1. The summed E-state index contributed by atoms with van der Waals surface area (Å²) in [7, 11) is 0. The molecule has 0 saturated carbocycles. The topological polar surface area (TPSA) is 93.3 Å². The molecule has 9 heteroatoms. The van der Waals surface area contributed by atoms with E-state index in [1.165, 1.54) is 11.8 Å². The van der Waals surface area contributed by atoms with Crippen LogP contribution in [0.1, 0.15) is 20.3 Å². The molecule has 1 atom stereocenters. The third-order valence-corrected chi connectivity index (χ3v) is 5.68. The Bertz CT molecular complexity index is 1030. The van der Waals surface area contributed by atoms with Crippen molar-refractivity contribution in [1.29, 1.82) is 0 Å². The predicted molar refractivity (Wildman–Crippen MR) is 111 cm³/mol. The number of carbonyl (C=O) groups excluding carboxylic acids is 2. The minimum absolute atomic E-state index is 0.0864. The highest BCUT2D eigenvalue weighted by molar-refractivity contribution is 7.99. The van der Waals surface area contributed by atoms with E-state index in [0.29, 0.717) is 34.7 Å². The van der Waals surface area contributed by atoms with Gasteiger partial charge in [0.25, 0.3) is 0 Å². The number of benzene rings is 1. The number of furan rings is 1. The van der Waals surface area contributed by atoms with Crippen molar-refractivity contribution in [3.63, 3.8) is 0 Å². The summed E-state index contributed by atoms with van der Waals surface area (Å²) in [6, 6.07) is 10.7. The maximum Gasteiger partial charge on any atom is 0.237 e. The van der Waals surface area contributed by atoms with Crippen LogP contribution >= 0.6 is 11.8 Å². The molecule has 1 aliphatic rings. The number of aromatic nitrogens is 3. The molecule has 150 valence electrons. The molecule has 3 aromatic rings. The molecule has 0 spiro atoms. The van der Waals surface area contributed by atoms with E-state index in [0.717, 1.165) is 0 Å². The second kappa shape index (κ2) is 8.12. The summed E-state index contributed by atoms with van der Waals surface area (Å²) in [5.41, 5.74) is 1.36. The third-order valence-electron chi connectivity index (χ3n) is 4.73. The highest BCUT2D eigenvalue weighted by Crippen LogP contribution is 2.32. The fraction of sp³-hybridized carbons (Fsp3) is 0.300. The van der Waals surface area contributed by atoms with Gasteiger partial charge in [-0.15, -0.1) is 10.2 Å². The number of amides is 2. The first-order valence-electron chi connectivity index (χ1n) is 9.39. The maximum absolute atomic E-state index is 13.1. The number of fused-ring (bicyclic) bond motifs is 1. The van der Waals surface area contributed by atoms with Gasteiger partial charge in [-0.2, -0.15) is 0 Å². The van der Waals surface area contributed by atoms with Gasteiger partial charge < -0.3 is 14.6 Å². The van der Waals surface area contributed by atoms with E-state index in [-0.39, 0.29) is 30.0 Å². The molecule has 1 aliphatic heterocycles. The molecule has 3 heterocycles. The summed E-state index contributed by atoms with van der Waals surface area (Å²) in [6.45, 7) is 4.53. The molecule has 8 nitrogen and oxygen atoms in total. The van der Waals surface area contributed by atoms with E-state index in [4.69, 9.17) is 4.42 Å².